The summed E-state index contributed by atoms with van der Waals surface area (Å²) in [5.74, 6) is 0.489. The molecule has 3 aromatic rings. The van der Waals surface area contributed by atoms with Crippen molar-refractivity contribution < 1.29 is 9.18 Å². The second kappa shape index (κ2) is 9.14. The van der Waals surface area contributed by atoms with Crippen LogP contribution in [0.5, 0.6) is 0 Å². The van der Waals surface area contributed by atoms with Crippen LogP contribution >= 0.6 is 23.2 Å². The zero-order valence-electron chi connectivity index (χ0n) is 16.8. The summed E-state index contributed by atoms with van der Waals surface area (Å²) in [4.78, 5) is 19.7. The molecule has 1 heterocycles. The van der Waals surface area contributed by atoms with Crippen molar-refractivity contribution in [2.75, 3.05) is 6.54 Å². The number of aryl methyl sites for hydroxylation is 1. The Labute approximate surface area is 180 Å². The van der Waals surface area contributed by atoms with Crippen LogP contribution in [0.25, 0.3) is 11.0 Å². The number of benzene rings is 2. The number of rotatable bonds is 7. The van der Waals surface area contributed by atoms with Crippen LogP contribution in [-0.4, -0.2) is 26.9 Å². The first kappa shape index (κ1) is 21.6. The SMILES string of the molecule is CCn1c(CN(CCC(C)C)C(=O)c2ccc(F)c(Cl)c2)nc2ccc(Cl)cc21. The molecule has 0 aliphatic carbocycles. The Kier molecular flexibility index (Phi) is 6.81. The average Bonchev–Trinajstić information content (AvgIpc) is 3.02. The van der Waals surface area contributed by atoms with E-state index in [0.29, 0.717) is 36.1 Å². The molecule has 0 saturated heterocycles. The third-order valence-corrected chi connectivity index (χ3v) is 5.39. The largest absolute Gasteiger partial charge is 0.331 e. The van der Waals surface area contributed by atoms with Crippen molar-refractivity contribution in [1.29, 1.82) is 0 Å². The molecule has 0 aliphatic rings. The second-order valence-corrected chi connectivity index (χ2v) is 8.29. The van der Waals surface area contributed by atoms with Gasteiger partial charge in [0.25, 0.3) is 5.91 Å². The Balaban J connectivity index is 1.96. The predicted molar refractivity (Wildman–Crippen MR) is 116 cm³/mol. The molecule has 0 bridgehead atoms. The number of carbonyl (C=O) groups is 1. The van der Waals surface area contributed by atoms with Gasteiger partial charge in [0.15, 0.2) is 0 Å². The molecule has 2 aromatic carbocycles. The molecule has 154 valence electrons. The minimum Gasteiger partial charge on any atom is -0.331 e. The van der Waals surface area contributed by atoms with E-state index < -0.39 is 5.82 Å². The van der Waals surface area contributed by atoms with Crippen molar-refractivity contribution in [2.45, 2.75) is 40.3 Å². The van der Waals surface area contributed by atoms with E-state index in [9.17, 15) is 9.18 Å². The lowest BCUT2D eigenvalue weighted by Crippen LogP contribution is -2.33. The zero-order valence-corrected chi connectivity index (χ0v) is 18.3. The molecule has 3 rings (SSSR count). The molecule has 0 aliphatic heterocycles. The van der Waals surface area contributed by atoms with Gasteiger partial charge in [0.05, 0.1) is 22.6 Å². The quantitative estimate of drug-likeness (QED) is 0.443. The molecule has 0 radical (unpaired) electrons. The fourth-order valence-electron chi connectivity index (χ4n) is 3.27. The number of halogens is 3. The highest BCUT2D eigenvalue weighted by molar-refractivity contribution is 6.31. The van der Waals surface area contributed by atoms with Gasteiger partial charge in [-0.05, 0) is 55.7 Å². The van der Waals surface area contributed by atoms with E-state index in [1.54, 1.807) is 4.90 Å². The van der Waals surface area contributed by atoms with Gasteiger partial charge in [-0.2, -0.15) is 0 Å². The smallest absolute Gasteiger partial charge is 0.254 e. The van der Waals surface area contributed by atoms with Crippen molar-refractivity contribution >= 4 is 40.1 Å². The number of amides is 1. The topological polar surface area (TPSA) is 38.1 Å². The second-order valence-electron chi connectivity index (χ2n) is 7.44. The number of hydrogen-bond acceptors (Lipinski definition) is 2. The van der Waals surface area contributed by atoms with Gasteiger partial charge in [-0.25, -0.2) is 9.37 Å². The van der Waals surface area contributed by atoms with Crippen LogP contribution < -0.4 is 0 Å². The van der Waals surface area contributed by atoms with Gasteiger partial charge in [-0.1, -0.05) is 37.0 Å². The Bertz CT molecular complexity index is 1030. The normalized spacial score (nSPS) is 11.4. The van der Waals surface area contributed by atoms with E-state index in [1.165, 1.54) is 18.2 Å². The molecule has 0 unspecified atom stereocenters. The highest BCUT2D eigenvalue weighted by Gasteiger charge is 2.21. The van der Waals surface area contributed by atoms with Crippen molar-refractivity contribution in [3.05, 3.63) is 63.6 Å². The maximum atomic E-state index is 13.5. The lowest BCUT2D eigenvalue weighted by Gasteiger charge is -2.24. The summed E-state index contributed by atoms with van der Waals surface area (Å²) >= 11 is 12.0. The number of carbonyl (C=O) groups excluding carboxylic acids is 1. The monoisotopic (exact) mass is 435 g/mol. The van der Waals surface area contributed by atoms with Crippen molar-refractivity contribution in [3.8, 4) is 0 Å². The van der Waals surface area contributed by atoms with Gasteiger partial charge in [-0.3, -0.25) is 4.79 Å². The Morgan fingerprint density at radius 3 is 2.62 bits per heavy atom. The molecule has 0 fully saturated rings. The third kappa shape index (κ3) is 4.90. The molecular formula is C22H24Cl2FN3O. The summed E-state index contributed by atoms with van der Waals surface area (Å²) in [6.07, 6.45) is 0.846. The number of fused-ring (bicyclic) bond motifs is 1. The highest BCUT2D eigenvalue weighted by atomic mass is 35.5. The number of imidazole rings is 1. The number of hydrogen-bond donors (Lipinski definition) is 0. The maximum absolute atomic E-state index is 13.5. The first-order valence-electron chi connectivity index (χ1n) is 9.69. The van der Waals surface area contributed by atoms with E-state index >= 15 is 0 Å². The molecule has 0 N–H and O–H groups in total. The molecule has 0 atom stereocenters. The van der Waals surface area contributed by atoms with Crippen LogP contribution in [0.3, 0.4) is 0 Å². The van der Waals surface area contributed by atoms with Gasteiger partial charge < -0.3 is 9.47 Å². The van der Waals surface area contributed by atoms with Crippen LogP contribution in [-0.2, 0) is 13.1 Å². The summed E-state index contributed by atoms with van der Waals surface area (Å²) in [5.41, 5.74) is 2.14. The third-order valence-electron chi connectivity index (χ3n) is 4.87. The number of aromatic nitrogens is 2. The number of nitrogens with zero attached hydrogens (tertiary/aromatic N) is 3. The lowest BCUT2D eigenvalue weighted by atomic mass is 10.1. The molecule has 1 aromatic heterocycles. The van der Waals surface area contributed by atoms with Gasteiger partial charge in [0.2, 0.25) is 0 Å². The standard InChI is InChI=1S/C22H24Cl2FN3O/c1-4-28-20-12-16(23)6-8-19(20)26-21(28)13-27(10-9-14(2)3)22(29)15-5-7-18(25)17(24)11-15/h5-8,11-12,14H,4,9-10,13H2,1-3H3. The molecule has 1 amide bonds. The molecular weight excluding hydrogens is 412 g/mol. The summed E-state index contributed by atoms with van der Waals surface area (Å²) in [5, 5.41) is 0.586. The summed E-state index contributed by atoms with van der Waals surface area (Å²) in [6.45, 7) is 7.88. The molecule has 4 nitrogen and oxygen atoms in total. The van der Waals surface area contributed by atoms with E-state index in [1.807, 2.05) is 25.1 Å². The summed E-state index contributed by atoms with van der Waals surface area (Å²) in [7, 11) is 0. The molecule has 0 spiro atoms. The van der Waals surface area contributed by atoms with Crippen molar-refractivity contribution in [2.24, 2.45) is 5.92 Å². The predicted octanol–water partition coefficient (Wildman–Crippen LogP) is 6.19. The minimum absolute atomic E-state index is 0.0601. The summed E-state index contributed by atoms with van der Waals surface area (Å²) in [6, 6.07) is 9.64. The molecule has 7 heteroatoms. The van der Waals surface area contributed by atoms with Gasteiger partial charge >= 0.3 is 0 Å². The zero-order chi connectivity index (χ0) is 21.1. The van der Waals surface area contributed by atoms with E-state index in [-0.39, 0.29) is 10.9 Å². The Hall–Kier alpha value is -2.11. The first-order valence-corrected chi connectivity index (χ1v) is 10.4. The van der Waals surface area contributed by atoms with E-state index in [2.05, 4.69) is 18.4 Å². The van der Waals surface area contributed by atoms with Crippen LogP contribution in [0.1, 0.15) is 43.4 Å². The molecule has 0 saturated carbocycles. The maximum Gasteiger partial charge on any atom is 0.254 e. The van der Waals surface area contributed by atoms with Gasteiger partial charge in [-0.15, -0.1) is 0 Å². The lowest BCUT2D eigenvalue weighted by molar-refractivity contribution is 0.0729. The van der Waals surface area contributed by atoms with Gasteiger partial charge in [0.1, 0.15) is 11.6 Å². The van der Waals surface area contributed by atoms with Gasteiger partial charge in [0, 0.05) is 23.7 Å². The molecule has 29 heavy (non-hydrogen) atoms. The van der Waals surface area contributed by atoms with Crippen LogP contribution in [0.4, 0.5) is 4.39 Å². The van der Waals surface area contributed by atoms with E-state index in [0.717, 1.165) is 23.3 Å². The fraction of sp³-hybridized carbons (Fsp3) is 0.364. The highest BCUT2D eigenvalue weighted by Crippen LogP contribution is 2.23. The van der Waals surface area contributed by atoms with E-state index in [4.69, 9.17) is 28.2 Å². The van der Waals surface area contributed by atoms with Crippen LogP contribution in [0, 0.1) is 11.7 Å². The van der Waals surface area contributed by atoms with Crippen molar-refractivity contribution in [3.63, 3.8) is 0 Å². The minimum atomic E-state index is -0.540. The van der Waals surface area contributed by atoms with Crippen molar-refractivity contribution in [1.82, 2.24) is 14.5 Å². The average molecular weight is 436 g/mol. The summed E-state index contributed by atoms with van der Waals surface area (Å²) < 4.78 is 15.6. The van der Waals surface area contributed by atoms with Crippen LogP contribution in [0.15, 0.2) is 36.4 Å². The Morgan fingerprint density at radius 1 is 1.21 bits per heavy atom. The fourth-order valence-corrected chi connectivity index (χ4v) is 3.62. The first-order chi connectivity index (χ1) is 13.8. The Morgan fingerprint density at radius 2 is 1.97 bits per heavy atom. The van der Waals surface area contributed by atoms with Crippen LogP contribution in [0.2, 0.25) is 10.0 Å².